The topological polar surface area (TPSA) is 40.5 Å². The van der Waals surface area contributed by atoms with Gasteiger partial charge in [-0.3, -0.25) is 0 Å². The number of carbonyl (C=O) groups is 1. The molecule has 2 unspecified atom stereocenters. The van der Waals surface area contributed by atoms with Crippen molar-refractivity contribution in [3.05, 3.63) is 29.3 Å². The average molecular weight is 259 g/mol. The molecule has 1 aromatic rings. The van der Waals surface area contributed by atoms with Crippen LogP contribution < -0.4 is 4.90 Å². The summed E-state index contributed by atoms with van der Waals surface area (Å²) < 4.78 is 0. The zero-order chi connectivity index (χ0) is 13.4. The summed E-state index contributed by atoms with van der Waals surface area (Å²) in [6.07, 6.45) is 5.50. The molecule has 19 heavy (non-hydrogen) atoms. The molecule has 3 nitrogen and oxygen atoms in total. The lowest BCUT2D eigenvalue weighted by molar-refractivity contribution is 0.0696. The van der Waals surface area contributed by atoms with Gasteiger partial charge in [-0.2, -0.15) is 0 Å². The molecule has 2 aliphatic rings. The van der Waals surface area contributed by atoms with Crippen LogP contribution in [0.25, 0.3) is 0 Å². The molecule has 1 aliphatic heterocycles. The van der Waals surface area contributed by atoms with Crippen molar-refractivity contribution in [2.75, 3.05) is 18.0 Å². The summed E-state index contributed by atoms with van der Waals surface area (Å²) in [5.41, 5.74) is 2.47. The van der Waals surface area contributed by atoms with Crippen LogP contribution in [0, 0.1) is 18.8 Å². The molecule has 1 heterocycles. The quantitative estimate of drug-likeness (QED) is 0.885. The van der Waals surface area contributed by atoms with Crippen molar-refractivity contribution in [3.63, 3.8) is 0 Å². The van der Waals surface area contributed by atoms with Crippen LogP contribution >= 0.6 is 0 Å². The van der Waals surface area contributed by atoms with Crippen molar-refractivity contribution >= 4 is 11.7 Å². The zero-order valence-corrected chi connectivity index (χ0v) is 11.4. The molecule has 1 aromatic carbocycles. The summed E-state index contributed by atoms with van der Waals surface area (Å²) in [5.74, 6) is 0.846. The summed E-state index contributed by atoms with van der Waals surface area (Å²) in [6.45, 7) is 4.17. The van der Waals surface area contributed by atoms with Crippen LogP contribution in [0.2, 0.25) is 0 Å². The number of aromatic carboxylic acids is 1. The number of aryl methyl sites for hydroxylation is 1. The minimum Gasteiger partial charge on any atom is -0.478 e. The van der Waals surface area contributed by atoms with E-state index < -0.39 is 5.97 Å². The Morgan fingerprint density at radius 3 is 2.53 bits per heavy atom. The van der Waals surface area contributed by atoms with E-state index in [-0.39, 0.29) is 0 Å². The van der Waals surface area contributed by atoms with Gasteiger partial charge in [0.2, 0.25) is 0 Å². The van der Waals surface area contributed by atoms with Crippen LogP contribution in [0.5, 0.6) is 0 Å². The molecule has 1 saturated heterocycles. The highest BCUT2D eigenvalue weighted by Crippen LogP contribution is 2.36. The maximum atomic E-state index is 11.1. The minimum absolute atomic E-state index is 0.418. The molecule has 1 N–H and O–H groups in total. The highest BCUT2D eigenvalue weighted by Gasteiger charge is 2.30. The molecule has 2 fully saturated rings. The van der Waals surface area contributed by atoms with E-state index in [4.69, 9.17) is 5.11 Å². The highest BCUT2D eigenvalue weighted by atomic mass is 16.4. The first-order valence-electron chi connectivity index (χ1n) is 7.22. The Bertz CT molecular complexity index is 486. The van der Waals surface area contributed by atoms with Crippen LogP contribution in [0.1, 0.15) is 41.6 Å². The van der Waals surface area contributed by atoms with Crippen molar-refractivity contribution in [1.29, 1.82) is 0 Å². The Morgan fingerprint density at radius 1 is 1.26 bits per heavy atom. The number of anilines is 1. The lowest BCUT2D eigenvalue weighted by Gasteiger charge is -2.42. The second kappa shape index (κ2) is 4.87. The predicted octanol–water partition coefficient (Wildman–Crippen LogP) is 3.32. The summed E-state index contributed by atoms with van der Waals surface area (Å²) >= 11 is 0. The van der Waals surface area contributed by atoms with Crippen molar-refractivity contribution in [3.8, 4) is 0 Å². The van der Waals surface area contributed by atoms with Gasteiger partial charge in [-0.05, 0) is 61.8 Å². The van der Waals surface area contributed by atoms with Crippen molar-refractivity contribution in [2.24, 2.45) is 11.8 Å². The third-order valence-corrected chi connectivity index (χ3v) is 4.65. The fraction of sp³-hybridized carbons (Fsp3) is 0.562. The molecule has 1 saturated carbocycles. The monoisotopic (exact) mass is 259 g/mol. The predicted molar refractivity (Wildman–Crippen MR) is 75.8 cm³/mol. The number of hydrogen-bond donors (Lipinski definition) is 1. The van der Waals surface area contributed by atoms with E-state index >= 15 is 0 Å². The van der Waals surface area contributed by atoms with Gasteiger partial charge >= 0.3 is 5.97 Å². The number of fused-ring (bicyclic) bond motifs is 2. The molecule has 0 radical (unpaired) electrons. The van der Waals surface area contributed by atoms with Crippen LogP contribution in [-0.4, -0.2) is 24.2 Å². The van der Waals surface area contributed by atoms with Gasteiger partial charge in [-0.15, -0.1) is 0 Å². The third-order valence-electron chi connectivity index (χ3n) is 4.65. The van der Waals surface area contributed by atoms with Crippen molar-refractivity contribution < 1.29 is 9.90 Å². The molecule has 3 rings (SSSR count). The van der Waals surface area contributed by atoms with Gasteiger partial charge in [-0.25, -0.2) is 4.79 Å². The van der Waals surface area contributed by atoms with Crippen molar-refractivity contribution in [2.45, 2.75) is 32.6 Å². The van der Waals surface area contributed by atoms with Gasteiger partial charge in [0.1, 0.15) is 0 Å². The number of carboxylic acids is 1. The molecule has 1 aliphatic carbocycles. The summed E-state index contributed by atoms with van der Waals surface area (Å²) in [4.78, 5) is 13.5. The first kappa shape index (κ1) is 12.5. The molecule has 0 spiro atoms. The van der Waals surface area contributed by atoms with Crippen LogP contribution in [0.4, 0.5) is 5.69 Å². The summed E-state index contributed by atoms with van der Waals surface area (Å²) in [5, 5.41) is 9.08. The largest absolute Gasteiger partial charge is 0.478 e. The van der Waals surface area contributed by atoms with Gasteiger partial charge in [-0.1, -0.05) is 6.42 Å². The Labute approximate surface area is 114 Å². The lowest BCUT2D eigenvalue weighted by Crippen LogP contribution is -2.42. The number of nitrogens with zero attached hydrogens (tertiary/aromatic N) is 1. The lowest BCUT2D eigenvalue weighted by atomic mass is 9.78. The van der Waals surface area contributed by atoms with E-state index in [0.29, 0.717) is 5.56 Å². The van der Waals surface area contributed by atoms with Crippen LogP contribution in [0.3, 0.4) is 0 Å². The molecule has 0 amide bonds. The van der Waals surface area contributed by atoms with E-state index in [1.807, 2.05) is 19.1 Å². The number of benzene rings is 1. The Balaban J connectivity index is 1.82. The highest BCUT2D eigenvalue weighted by molar-refractivity contribution is 5.89. The number of carboxylic acid groups (broad SMARTS) is 1. The number of rotatable bonds is 2. The molecule has 102 valence electrons. The number of hydrogen-bond acceptors (Lipinski definition) is 2. The fourth-order valence-electron chi connectivity index (χ4n) is 3.73. The molecule has 0 aromatic heterocycles. The van der Waals surface area contributed by atoms with Gasteiger partial charge in [0.15, 0.2) is 0 Å². The molecule has 3 heteroatoms. The zero-order valence-electron chi connectivity index (χ0n) is 11.4. The molecular weight excluding hydrogens is 238 g/mol. The standard InChI is InChI=1S/C16H21NO2/c1-11-7-14(5-6-15(11)16(18)19)17-9-12-3-2-4-13(8-12)10-17/h5-7,12-13H,2-4,8-10H2,1H3,(H,18,19). The Kier molecular flexibility index (Phi) is 3.21. The van der Waals surface area contributed by atoms with E-state index in [2.05, 4.69) is 4.90 Å². The van der Waals surface area contributed by atoms with E-state index in [9.17, 15) is 4.79 Å². The third kappa shape index (κ3) is 2.46. The van der Waals surface area contributed by atoms with Gasteiger partial charge in [0, 0.05) is 18.8 Å². The Morgan fingerprint density at radius 2 is 1.95 bits per heavy atom. The van der Waals surface area contributed by atoms with Crippen molar-refractivity contribution in [1.82, 2.24) is 0 Å². The molecular formula is C16H21NO2. The Hall–Kier alpha value is -1.51. The second-order valence-electron chi connectivity index (χ2n) is 6.11. The second-order valence-corrected chi connectivity index (χ2v) is 6.11. The number of piperidine rings is 1. The molecule has 2 bridgehead atoms. The first-order chi connectivity index (χ1) is 9.13. The summed E-state index contributed by atoms with van der Waals surface area (Å²) in [6, 6.07) is 5.75. The normalized spacial score (nSPS) is 26.3. The smallest absolute Gasteiger partial charge is 0.335 e. The van der Waals surface area contributed by atoms with Gasteiger partial charge in [0.05, 0.1) is 5.56 Å². The van der Waals surface area contributed by atoms with Crippen LogP contribution in [0.15, 0.2) is 18.2 Å². The summed E-state index contributed by atoms with van der Waals surface area (Å²) in [7, 11) is 0. The fourth-order valence-corrected chi connectivity index (χ4v) is 3.73. The SMILES string of the molecule is Cc1cc(N2CC3CCCC(C3)C2)ccc1C(=O)O. The average Bonchev–Trinajstić information content (AvgIpc) is 2.37. The van der Waals surface area contributed by atoms with Gasteiger partial charge in [0.25, 0.3) is 0 Å². The van der Waals surface area contributed by atoms with E-state index in [0.717, 1.165) is 30.5 Å². The molecule has 2 atom stereocenters. The maximum Gasteiger partial charge on any atom is 0.335 e. The van der Waals surface area contributed by atoms with Crippen LogP contribution in [-0.2, 0) is 0 Å². The van der Waals surface area contributed by atoms with Gasteiger partial charge < -0.3 is 10.0 Å². The first-order valence-corrected chi connectivity index (χ1v) is 7.22. The minimum atomic E-state index is -0.834. The van der Waals surface area contributed by atoms with E-state index in [1.165, 1.54) is 31.4 Å². The van der Waals surface area contributed by atoms with E-state index in [1.54, 1.807) is 6.07 Å². The maximum absolute atomic E-state index is 11.1.